The molecule has 0 saturated heterocycles. The Labute approximate surface area is 114 Å². The average Bonchev–Trinajstić information content (AvgIpc) is 2.78. The normalized spacial score (nSPS) is 11.6. The van der Waals surface area contributed by atoms with Crippen molar-refractivity contribution < 1.29 is 23.1 Å². The molecule has 0 saturated carbocycles. The number of carbonyl (C=O) groups is 1. The fourth-order valence-corrected chi connectivity index (χ4v) is 2.47. The SMILES string of the molecule is O=C(O)c1ccc(Cl)c(-c2cnc(C(F)(F)F)s2)c1. The number of hydrogen-bond donors (Lipinski definition) is 1. The number of aromatic nitrogens is 1. The Kier molecular flexibility index (Phi) is 3.51. The molecule has 1 aromatic carbocycles. The summed E-state index contributed by atoms with van der Waals surface area (Å²) >= 11 is 6.28. The largest absolute Gasteiger partial charge is 0.478 e. The molecule has 0 unspecified atom stereocenters. The van der Waals surface area contributed by atoms with Crippen molar-refractivity contribution in [1.82, 2.24) is 4.98 Å². The molecule has 0 aliphatic rings. The van der Waals surface area contributed by atoms with Gasteiger partial charge in [-0.3, -0.25) is 0 Å². The van der Waals surface area contributed by atoms with Crippen LogP contribution >= 0.6 is 22.9 Å². The van der Waals surface area contributed by atoms with Crippen LogP contribution < -0.4 is 0 Å². The number of hydrogen-bond acceptors (Lipinski definition) is 3. The zero-order valence-corrected chi connectivity index (χ0v) is 10.6. The fraction of sp³-hybridized carbons (Fsp3) is 0.0909. The molecule has 1 aromatic heterocycles. The molecule has 0 amide bonds. The monoisotopic (exact) mass is 307 g/mol. The molecule has 3 nitrogen and oxygen atoms in total. The van der Waals surface area contributed by atoms with E-state index in [4.69, 9.17) is 16.7 Å². The summed E-state index contributed by atoms with van der Waals surface area (Å²) < 4.78 is 37.3. The van der Waals surface area contributed by atoms with E-state index >= 15 is 0 Å². The predicted octanol–water partition coefficient (Wildman–Crippen LogP) is 4.18. The van der Waals surface area contributed by atoms with Gasteiger partial charge in [0, 0.05) is 16.8 Å². The second-order valence-corrected chi connectivity index (χ2v) is 4.97. The molecule has 0 aliphatic carbocycles. The fourth-order valence-electron chi connectivity index (χ4n) is 1.38. The summed E-state index contributed by atoms with van der Waals surface area (Å²) in [6, 6.07) is 3.82. The van der Waals surface area contributed by atoms with Gasteiger partial charge in [0.25, 0.3) is 0 Å². The van der Waals surface area contributed by atoms with Crippen molar-refractivity contribution >= 4 is 28.9 Å². The molecule has 0 aliphatic heterocycles. The first-order valence-electron chi connectivity index (χ1n) is 4.85. The van der Waals surface area contributed by atoms with Gasteiger partial charge in [-0.2, -0.15) is 13.2 Å². The lowest BCUT2D eigenvalue weighted by Crippen LogP contribution is -2.02. The van der Waals surface area contributed by atoms with Crippen LogP contribution in [-0.2, 0) is 6.18 Å². The van der Waals surface area contributed by atoms with E-state index in [1.807, 2.05) is 0 Å². The van der Waals surface area contributed by atoms with E-state index in [9.17, 15) is 18.0 Å². The molecule has 2 rings (SSSR count). The number of thiazole rings is 1. The lowest BCUT2D eigenvalue weighted by atomic mass is 10.1. The molecule has 19 heavy (non-hydrogen) atoms. The lowest BCUT2D eigenvalue weighted by molar-refractivity contribution is -0.137. The van der Waals surface area contributed by atoms with Crippen LogP contribution in [0.1, 0.15) is 15.4 Å². The first-order chi connectivity index (χ1) is 8.79. The van der Waals surface area contributed by atoms with Gasteiger partial charge in [0.05, 0.1) is 10.4 Å². The molecular weight excluding hydrogens is 303 g/mol. The Morgan fingerprint density at radius 1 is 1.37 bits per heavy atom. The van der Waals surface area contributed by atoms with E-state index < -0.39 is 17.2 Å². The summed E-state index contributed by atoms with van der Waals surface area (Å²) in [6.07, 6.45) is -3.50. The van der Waals surface area contributed by atoms with E-state index in [-0.39, 0.29) is 21.0 Å². The van der Waals surface area contributed by atoms with Crippen molar-refractivity contribution in [2.45, 2.75) is 6.18 Å². The van der Waals surface area contributed by atoms with Gasteiger partial charge < -0.3 is 5.11 Å². The molecule has 1 N–H and O–H groups in total. The number of alkyl halides is 3. The molecule has 0 fully saturated rings. The summed E-state index contributed by atoms with van der Waals surface area (Å²) in [7, 11) is 0. The van der Waals surface area contributed by atoms with Crippen molar-refractivity contribution in [2.24, 2.45) is 0 Å². The van der Waals surface area contributed by atoms with Gasteiger partial charge in [0.1, 0.15) is 0 Å². The highest BCUT2D eigenvalue weighted by atomic mass is 35.5. The van der Waals surface area contributed by atoms with Crippen molar-refractivity contribution in [3.63, 3.8) is 0 Å². The van der Waals surface area contributed by atoms with Crippen molar-refractivity contribution in [1.29, 1.82) is 0 Å². The Balaban J connectivity index is 2.49. The van der Waals surface area contributed by atoms with Crippen LogP contribution in [0.15, 0.2) is 24.4 Å². The van der Waals surface area contributed by atoms with Gasteiger partial charge in [-0.05, 0) is 18.2 Å². The summed E-state index contributed by atoms with van der Waals surface area (Å²) in [6.45, 7) is 0. The number of carboxylic acids is 1. The third kappa shape index (κ3) is 2.87. The molecule has 0 radical (unpaired) electrons. The highest BCUT2D eigenvalue weighted by Crippen LogP contribution is 2.38. The first kappa shape index (κ1) is 13.8. The number of rotatable bonds is 2. The topological polar surface area (TPSA) is 50.2 Å². The van der Waals surface area contributed by atoms with E-state index in [1.165, 1.54) is 18.2 Å². The number of benzene rings is 1. The Hall–Kier alpha value is -1.60. The quantitative estimate of drug-likeness (QED) is 0.905. The van der Waals surface area contributed by atoms with Crippen LogP contribution in [0.5, 0.6) is 0 Å². The lowest BCUT2D eigenvalue weighted by Gasteiger charge is -2.03. The average molecular weight is 308 g/mol. The molecule has 0 atom stereocenters. The summed E-state index contributed by atoms with van der Waals surface area (Å²) in [5.41, 5.74) is 0.163. The number of carboxylic acid groups (broad SMARTS) is 1. The maximum atomic E-state index is 12.4. The van der Waals surface area contributed by atoms with Gasteiger partial charge in [0.2, 0.25) is 0 Å². The van der Waals surface area contributed by atoms with Crippen LogP contribution in [0.3, 0.4) is 0 Å². The van der Waals surface area contributed by atoms with Crippen molar-refractivity contribution in [2.75, 3.05) is 0 Å². The molecule has 8 heteroatoms. The Bertz CT molecular complexity index is 639. The van der Waals surface area contributed by atoms with Crippen molar-refractivity contribution in [3.8, 4) is 10.4 Å². The number of halogens is 4. The van der Waals surface area contributed by atoms with Crippen LogP contribution in [0.25, 0.3) is 10.4 Å². The van der Waals surface area contributed by atoms with E-state index in [2.05, 4.69) is 4.98 Å². The maximum Gasteiger partial charge on any atom is 0.443 e. The second kappa shape index (κ2) is 4.82. The Morgan fingerprint density at radius 2 is 2.05 bits per heavy atom. The zero-order chi connectivity index (χ0) is 14.2. The molecule has 0 spiro atoms. The third-order valence-corrected chi connectivity index (χ3v) is 3.63. The summed E-state index contributed by atoms with van der Waals surface area (Å²) in [5, 5.41) is 8.01. The van der Waals surface area contributed by atoms with Crippen molar-refractivity contribution in [3.05, 3.63) is 40.0 Å². The molecule has 100 valence electrons. The van der Waals surface area contributed by atoms with E-state index in [1.54, 1.807) is 0 Å². The first-order valence-corrected chi connectivity index (χ1v) is 6.04. The standard InChI is InChI=1S/C11H5ClF3NO2S/c12-7-2-1-5(9(17)18)3-6(7)8-4-16-10(19-8)11(13,14)15/h1-4H,(H,17,18). The third-order valence-electron chi connectivity index (χ3n) is 2.23. The van der Waals surface area contributed by atoms with Crippen LogP contribution in [0.2, 0.25) is 5.02 Å². The molecule has 2 aromatic rings. The molecule has 0 bridgehead atoms. The van der Waals surface area contributed by atoms with Crippen LogP contribution in [0, 0.1) is 0 Å². The van der Waals surface area contributed by atoms with Crippen LogP contribution in [-0.4, -0.2) is 16.1 Å². The molecular formula is C11H5ClF3NO2S. The van der Waals surface area contributed by atoms with Gasteiger partial charge >= 0.3 is 12.1 Å². The summed E-state index contributed by atoms with van der Waals surface area (Å²) in [4.78, 5) is 14.3. The highest BCUT2D eigenvalue weighted by molar-refractivity contribution is 7.15. The Morgan fingerprint density at radius 3 is 2.58 bits per heavy atom. The smallest absolute Gasteiger partial charge is 0.443 e. The van der Waals surface area contributed by atoms with Crippen LogP contribution in [0.4, 0.5) is 13.2 Å². The maximum absolute atomic E-state index is 12.4. The zero-order valence-electron chi connectivity index (χ0n) is 9.03. The van der Waals surface area contributed by atoms with Gasteiger partial charge in [-0.1, -0.05) is 11.6 Å². The minimum atomic E-state index is -4.53. The second-order valence-electron chi connectivity index (χ2n) is 3.53. The van der Waals surface area contributed by atoms with Gasteiger partial charge in [-0.15, -0.1) is 11.3 Å². The highest BCUT2D eigenvalue weighted by Gasteiger charge is 2.34. The van der Waals surface area contributed by atoms with E-state index in [0.29, 0.717) is 11.3 Å². The minimum Gasteiger partial charge on any atom is -0.478 e. The summed E-state index contributed by atoms with van der Waals surface area (Å²) in [5.74, 6) is -1.18. The predicted molar refractivity (Wildman–Crippen MR) is 64.5 cm³/mol. The van der Waals surface area contributed by atoms with Gasteiger partial charge in [0.15, 0.2) is 5.01 Å². The van der Waals surface area contributed by atoms with E-state index in [0.717, 1.165) is 6.20 Å². The minimum absolute atomic E-state index is 0.0543. The number of aromatic carboxylic acids is 1. The van der Waals surface area contributed by atoms with Gasteiger partial charge in [-0.25, -0.2) is 9.78 Å². The number of nitrogens with zero attached hydrogens (tertiary/aromatic N) is 1. The molecule has 1 heterocycles.